The summed E-state index contributed by atoms with van der Waals surface area (Å²) >= 11 is 1.61. The molecule has 2 aromatic heterocycles. The second-order valence-corrected chi connectivity index (χ2v) is 6.52. The maximum absolute atomic E-state index is 11.9. The van der Waals surface area contributed by atoms with Crippen LogP contribution in [0.25, 0.3) is 10.2 Å². The van der Waals surface area contributed by atoms with Crippen molar-refractivity contribution in [3.63, 3.8) is 0 Å². The first kappa shape index (κ1) is 16.5. The summed E-state index contributed by atoms with van der Waals surface area (Å²) in [7, 11) is 0. The van der Waals surface area contributed by atoms with E-state index in [-0.39, 0.29) is 6.03 Å². The summed E-state index contributed by atoms with van der Waals surface area (Å²) in [5.41, 5.74) is 1.72. The van der Waals surface area contributed by atoms with Crippen molar-refractivity contribution >= 4 is 33.3 Å². The molecule has 126 valence electrons. The van der Waals surface area contributed by atoms with E-state index in [2.05, 4.69) is 15.6 Å². The Labute approximate surface area is 143 Å². The molecule has 0 fully saturated rings. The number of thiazole rings is 1. The Kier molecular flexibility index (Phi) is 5.45. The van der Waals surface area contributed by atoms with Gasteiger partial charge in [0.2, 0.25) is 0 Å². The fourth-order valence-electron chi connectivity index (χ4n) is 2.24. The molecule has 1 aromatic carbocycles. The third-order valence-electron chi connectivity index (χ3n) is 3.33. The standard InChI is InChI=1S/C17H19N3O3S/c1-12-19-15-6-5-13(10-16(15)24-12)20-17(21)18-7-3-8-22-11-14-4-2-9-23-14/h2,4-6,9-10H,3,7-8,11H2,1H3,(H2,18,20,21). The minimum absolute atomic E-state index is 0.221. The van der Waals surface area contributed by atoms with Gasteiger partial charge in [-0.2, -0.15) is 0 Å². The second-order valence-electron chi connectivity index (χ2n) is 5.28. The molecule has 0 aliphatic rings. The zero-order valence-corrected chi connectivity index (χ0v) is 14.2. The number of urea groups is 1. The number of benzene rings is 1. The van der Waals surface area contributed by atoms with Crippen LogP contribution in [0, 0.1) is 6.92 Å². The third kappa shape index (κ3) is 4.56. The fraction of sp³-hybridized carbons (Fsp3) is 0.294. The molecule has 7 heteroatoms. The van der Waals surface area contributed by atoms with Crippen LogP contribution in [0.4, 0.5) is 10.5 Å². The maximum atomic E-state index is 11.9. The van der Waals surface area contributed by atoms with Gasteiger partial charge in [-0.25, -0.2) is 9.78 Å². The molecule has 0 radical (unpaired) electrons. The minimum Gasteiger partial charge on any atom is -0.467 e. The lowest BCUT2D eigenvalue weighted by atomic mass is 10.3. The summed E-state index contributed by atoms with van der Waals surface area (Å²) < 4.78 is 11.7. The molecule has 0 saturated carbocycles. The Morgan fingerprint density at radius 2 is 2.29 bits per heavy atom. The topological polar surface area (TPSA) is 76.4 Å². The largest absolute Gasteiger partial charge is 0.467 e. The highest BCUT2D eigenvalue weighted by Gasteiger charge is 2.05. The second kappa shape index (κ2) is 7.94. The van der Waals surface area contributed by atoms with Gasteiger partial charge < -0.3 is 19.8 Å². The van der Waals surface area contributed by atoms with Crippen LogP contribution in [0.1, 0.15) is 17.2 Å². The molecule has 3 aromatic rings. The number of aromatic nitrogens is 1. The number of aryl methyl sites for hydroxylation is 1. The molecular formula is C17H19N3O3S. The van der Waals surface area contributed by atoms with Crippen molar-refractivity contribution in [2.24, 2.45) is 0 Å². The highest BCUT2D eigenvalue weighted by molar-refractivity contribution is 7.18. The van der Waals surface area contributed by atoms with Gasteiger partial charge in [-0.15, -0.1) is 11.3 Å². The number of hydrogen-bond acceptors (Lipinski definition) is 5. The Balaban J connectivity index is 1.35. The number of nitrogens with zero attached hydrogens (tertiary/aromatic N) is 1. The lowest BCUT2D eigenvalue weighted by Gasteiger charge is -2.07. The number of furan rings is 1. The monoisotopic (exact) mass is 345 g/mol. The Morgan fingerprint density at radius 3 is 3.12 bits per heavy atom. The van der Waals surface area contributed by atoms with Gasteiger partial charge in [-0.05, 0) is 43.7 Å². The molecule has 0 aliphatic heterocycles. The number of amides is 2. The summed E-state index contributed by atoms with van der Waals surface area (Å²) in [4.78, 5) is 16.3. The molecule has 2 heterocycles. The summed E-state index contributed by atoms with van der Waals surface area (Å²) in [6.07, 6.45) is 2.36. The summed E-state index contributed by atoms with van der Waals surface area (Å²) in [6, 6.07) is 9.18. The van der Waals surface area contributed by atoms with Crippen LogP contribution >= 0.6 is 11.3 Å². The molecule has 24 heavy (non-hydrogen) atoms. The van der Waals surface area contributed by atoms with Crippen LogP contribution in [-0.4, -0.2) is 24.2 Å². The van der Waals surface area contributed by atoms with Crippen LogP contribution in [0.2, 0.25) is 0 Å². The van der Waals surface area contributed by atoms with Gasteiger partial charge in [0.1, 0.15) is 12.4 Å². The van der Waals surface area contributed by atoms with Crippen LogP contribution < -0.4 is 10.6 Å². The normalized spacial score (nSPS) is 10.9. The molecule has 2 N–H and O–H groups in total. The lowest BCUT2D eigenvalue weighted by molar-refractivity contribution is 0.104. The van der Waals surface area contributed by atoms with Crippen LogP contribution in [-0.2, 0) is 11.3 Å². The summed E-state index contributed by atoms with van der Waals surface area (Å²) in [6.45, 7) is 3.53. The van der Waals surface area contributed by atoms with Gasteiger partial charge in [0.15, 0.2) is 0 Å². The number of anilines is 1. The van der Waals surface area contributed by atoms with E-state index in [0.717, 1.165) is 33.1 Å². The number of ether oxygens (including phenoxy) is 1. The first-order valence-electron chi connectivity index (χ1n) is 7.73. The number of hydrogen-bond donors (Lipinski definition) is 2. The van der Waals surface area contributed by atoms with E-state index in [0.29, 0.717) is 19.8 Å². The molecule has 3 rings (SSSR count). The molecule has 6 nitrogen and oxygen atoms in total. The molecule has 0 bridgehead atoms. The number of rotatable bonds is 7. The number of fused-ring (bicyclic) bond motifs is 1. The molecule has 0 atom stereocenters. The smallest absolute Gasteiger partial charge is 0.319 e. The van der Waals surface area contributed by atoms with E-state index in [1.54, 1.807) is 17.6 Å². The van der Waals surface area contributed by atoms with Crippen molar-refractivity contribution in [1.82, 2.24) is 10.3 Å². The van der Waals surface area contributed by atoms with E-state index >= 15 is 0 Å². The van der Waals surface area contributed by atoms with E-state index in [1.807, 2.05) is 37.3 Å². The number of carbonyl (C=O) groups excluding carboxylic acids is 1. The molecule has 0 saturated heterocycles. The van der Waals surface area contributed by atoms with Gasteiger partial charge in [-0.1, -0.05) is 0 Å². The van der Waals surface area contributed by atoms with Crippen molar-refractivity contribution in [3.8, 4) is 0 Å². The van der Waals surface area contributed by atoms with E-state index in [4.69, 9.17) is 9.15 Å². The Morgan fingerprint density at radius 1 is 1.38 bits per heavy atom. The van der Waals surface area contributed by atoms with Crippen LogP contribution in [0.3, 0.4) is 0 Å². The van der Waals surface area contributed by atoms with E-state index in [1.165, 1.54) is 0 Å². The van der Waals surface area contributed by atoms with Crippen molar-refractivity contribution in [3.05, 3.63) is 47.4 Å². The first-order valence-corrected chi connectivity index (χ1v) is 8.54. The SMILES string of the molecule is Cc1nc2ccc(NC(=O)NCCCOCc3ccco3)cc2s1. The highest BCUT2D eigenvalue weighted by Crippen LogP contribution is 2.24. The maximum Gasteiger partial charge on any atom is 0.319 e. The average Bonchev–Trinajstić information content (AvgIpc) is 3.18. The van der Waals surface area contributed by atoms with Crippen LogP contribution in [0.5, 0.6) is 0 Å². The Hall–Kier alpha value is -2.38. The van der Waals surface area contributed by atoms with Crippen molar-refractivity contribution in [2.45, 2.75) is 20.0 Å². The van der Waals surface area contributed by atoms with Crippen molar-refractivity contribution in [1.29, 1.82) is 0 Å². The minimum atomic E-state index is -0.221. The average molecular weight is 345 g/mol. The third-order valence-corrected chi connectivity index (χ3v) is 4.26. The van der Waals surface area contributed by atoms with Crippen LogP contribution in [0.15, 0.2) is 41.0 Å². The predicted octanol–water partition coefficient (Wildman–Crippen LogP) is 3.93. The zero-order chi connectivity index (χ0) is 16.8. The zero-order valence-electron chi connectivity index (χ0n) is 13.4. The van der Waals surface area contributed by atoms with Crippen molar-refractivity contribution in [2.75, 3.05) is 18.5 Å². The summed E-state index contributed by atoms with van der Waals surface area (Å²) in [5.74, 6) is 0.800. The Bertz CT molecular complexity index is 799. The fourth-order valence-corrected chi connectivity index (χ4v) is 3.10. The number of nitrogens with one attached hydrogen (secondary N) is 2. The van der Waals surface area contributed by atoms with Gasteiger partial charge >= 0.3 is 6.03 Å². The van der Waals surface area contributed by atoms with Gasteiger partial charge in [0.25, 0.3) is 0 Å². The van der Waals surface area contributed by atoms with E-state index < -0.39 is 0 Å². The summed E-state index contributed by atoms with van der Waals surface area (Å²) in [5, 5.41) is 6.66. The predicted molar refractivity (Wildman–Crippen MR) is 94.4 cm³/mol. The lowest BCUT2D eigenvalue weighted by Crippen LogP contribution is -2.30. The molecule has 0 spiro atoms. The van der Waals surface area contributed by atoms with Gasteiger partial charge in [0, 0.05) is 18.8 Å². The molecule has 0 unspecified atom stereocenters. The molecular weight excluding hydrogens is 326 g/mol. The quantitative estimate of drug-likeness (QED) is 0.636. The van der Waals surface area contributed by atoms with Gasteiger partial charge in [-0.3, -0.25) is 0 Å². The van der Waals surface area contributed by atoms with Crippen molar-refractivity contribution < 1.29 is 13.9 Å². The highest BCUT2D eigenvalue weighted by atomic mass is 32.1. The number of carbonyl (C=O) groups is 1. The van der Waals surface area contributed by atoms with Gasteiger partial charge in [0.05, 0.1) is 21.5 Å². The van der Waals surface area contributed by atoms with E-state index in [9.17, 15) is 4.79 Å². The molecule has 2 amide bonds. The molecule has 0 aliphatic carbocycles. The first-order chi connectivity index (χ1) is 11.7.